The lowest BCUT2D eigenvalue weighted by molar-refractivity contribution is -0.890. The van der Waals surface area contributed by atoms with Crippen LogP contribution in [0.5, 0.6) is 5.75 Å². The number of amides is 1. The number of sulfonamides is 1. The number of carbonyl (C=O) groups is 1. The standard InChI is InChI=1S/C16H21N3O4S2/c1-19(2)13(15-5-4-8-24-15)10-18-16(20)12-9-11(25(17,21)22)6-7-14(12)23-3/h4-9,13H,10H2,1-3H3,(H,18,20)(H2,17,21,22)/p+1/t13-/m0/s1. The van der Waals surface area contributed by atoms with Gasteiger partial charge in [-0.05, 0) is 29.6 Å². The Morgan fingerprint density at radius 2 is 2.08 bits per heavy atom. The molecule has 0 spiro atoms. The molecule has 1 heterocycles. The summed E-state index contributed by atoms with van der Waals surface area (Å²) < 4.78 is 28.2. The molecular weight excluding hydrogens is 362 g/mol. The molecule has 4 N–H and O–H groups in total. The summed E-state index contributed by atoms with van der Waals surface area (Å²) >= 11 is 1.63. The molecule has 0 aliphatic rings. The Balaban J connectivity index is 2.22. The molecule has 2 rings (SSSR count). The van der Waals surface area contributed by atoms with Gasteiger partial charge in [0.25, 0.3) is 5.91 Å². The molecule has 1 aromatic heterocycles. The highest BCUT2D eigenvalue weighted by atomic mass is 32.2. The average Bonchev–Trinajstić information content (AvgIpc) is 3.07. The van der Waals surface area contributed by atoms with Crippen molar-refractivity contribution >= 4 is 27.3 Å². The van der Waals surface area contributed by atoms with Crippen molar-refractivity contribution in [2.75, 3.05) is 27.7 Å². The molecule has 1 amide bonds. The first kappa shape index (κ1) is 19.4. The van der Waals surface area contributed by atoms with Crippen LogP contribution in [-0.4, -0.2) is 42.1 Å². The second kappa shape index (κ2) is 7.96. The van der Waals surface area contributed by atoms with Crippen LogP contribution in [0.25, 0.3) is 0 Å². The number of nitrogens with one attached hydrogen (secondary N) is 2. The van der Waals surface area contributed by atoms with Gasteiger partial charge in [-0.1, -0.05) is 6.07 Å². The minimum Gasteiger partial charge on any atom is -0.496 e. The van der Waals surface area contributed by atoms with E-state index in [9.17, 15) is 13.2 Å². The van der Waals surface area contributed by atoms with Gasteiger partial charge in [0.2, 0.25) is 10.0 Å². The number of primary sulfonamides is 1. The molecule has 136 valence electrons. The highest BCUT2D eigenvalue weighted by molar-refractivity contribution is 7.89. The Labute approximate surface area is 151 Å². The minimum absolute atomic E-state index is 0.0939. The maximum absolute atomic E-state index is 12.6. The van der Waals surface area contributed by atoms with E-state index in [1.165, 1.54) is 30.2 Å². The van der Waals surface area contributed by atoms with Crippen molar-refractivity contribution in [2.45, 2.75) is 10.9 Å². The number of carbonyl (C=O) groups excluding carboxylic acids is 1. The van der Waals surface area contributed by atoms with Gasteiger partial charge >= 0.3 is 0 Å². The third-order valence-electron chi connectivity index (χ3n) is 3.79. The lowest BCUT2D eigenvalue weighted by Crippen LogP contribution is -3.06. The monoisotopic (exact) mass is 384 g/mol. The predicted molar refractivity (Wildman–Crippen MR) is 96.6 cm³/mol. The number of ether oxygens (including phenoxy) is 1. The number of thiophene rings is 1. The fourth-order valence-electron chi connectivity index (χ4n) is 2.41. The molecule has 0 unspecified atom stereocenters. The van der Waals surface area contributed by atoms with Crippen LogP contribution in [0.1, 0.15) is 21.3 Å². The Kier molecular flexibility index (Phi) is 6.17. The molecule has 1 atom stereocenters. The van der Waals surface area contributed by atoms with Crippen LogP contribution in [0.15, 0.2) is 40.6 Å². The number of rotatable bonds is 7. The van der Waals surface area contributed by atoms with Crippen molar-refractivity contribution in [2.24, 2.45) is 5.14 Å². The summed E-state index contributed by atoms with van der Waals surface area (Å²) in [5, 5.41) is 9.99. The fourth-order valence-corrected chi connectivity index (χ4v) is 3.90. The molecule has 0 aliphatic heterocycles. The second-order valence-electron chi connectivity index (χ2n) is 5.76. The van der Waals surface area contributed by atoms with Crippen LogP contribution in [-0.2, 0) is 10.0 Å². The quantitative estimate of drug-likeness (QED) is 0.626. The van der Waals surface area contributed by atoms with Gasteiger partial charge in [0, 0.05) is 0 Å². The summed E-state index contributed by atoms with van der Waals surface area (Å²) in [7, 11) is 1.54. The number of nitrogens with two attached hydrogens (primary N) is 1. The Bertz CT molecular complexity index is 833. The number of methoxy groups -OCH3 is 1. The van der Waals surface area contributed by atoms with E-state index in [4.69, 9.17) is 9.88 Å². The number of benzene rings is 1. The van der Waals surface area contributed by atoms with Crippen LogP contribution in [0, 0.1) is 0 Å². The molecule has 0 aliphatic carbocycles. The molecule has 0 bridgehead atoms. The maximum atomic E-state index is 12.6. The molecule has 25 heavy (non-hydrogen) atoms. The lowest BCUT2D eigenvalue weighted by atomic mass is 10.1. The molecule has 0 fully saturated rings. The van der Waals surface area contributed by atoms with Gasteiger partial charge in [-0.25, -0.2) is 13.6 Å². The van der Waals surface area contributed by atoms with Crippen molar-refractivity contribution in [3.05, 3.63) is 46.2 Å². The summed E-state index contributed by atoms with van der Waals surface area (Å²) in [5.41, 5.74) is 0.132. The zero-order valence-electron chi connectivity index (χ0n) is 14.3. The number of quaternary nitrogens is 1. The number of hydrogen-bond donors (Lipinski definition) is 3. The molecule has 2 aromatic rings. The van der Waals surface area contributed by atoms with E-state index in [1.54, 1.807) is 11.3 Å². The molecule has 0 saturated carbocycles. The Morgan fingerprint density at radius 3 is 2.60 bits per heavy atom. The SMILES string of the molecule is COc1ccc(S(N)(=O)=O)cc1C(=O)NC[C@@H](c1cccs1)[NH+](C)C. The van der Waals surface area contributed by atoms with Gasteiger partial charge in [0.05, 0.1) is 43.1 Å². The zero-order chi connectivity index (χ0) is 18.6. The summed E-state index contributed by atoms with van der Waals surface area (Å²) in [6.45, 7) is 0.407. The second-order valence-corrected chi connectivity index (χ2v) is 8.30. The van der Waals surface area contributed by atoms with Gasteiger partial charge in [0.15, 0.2) is 0 Å². The molecule has 0 radical (unpaired) electrons. The van der Waals surface area contributed by atoms with Gasteiger partial charge in [0.1, 0.15) is 11.8 Å². The van der Waals surface area contributed by atoms with Gasteiger partial charge in [-0.3, -0.25) is 4.79 Å². The van der Waals surface area contributed by atoms with Crippen molar-refractivity contribution < 1.29 is 22.8 Å². The van der Waals surface area contributed by atoms with Crippen LogP contribution in [0.3, 0.4) is 0 Å². The molecule has 7 nitrogen and oxygen atoms in total. The van der Waals surface area contributed by atoms with E-state index in [0.29, 0.717) is 6.54 Å². The highest BCUT2D eigenvalue weighted by Gasteiger charge is 2.22. The topological polar surface area (TPSA) is 103 Å². The van der Waals surface area contributed by atoms with E-state index in [2.05, 4.69) is 5.32 Å². The van der Waals surface area contributed by atoms with E-state index >= 15 is 0 Å². The van der Waals surface area contributed by atoms with Gasteiger partial charge < -0.3 is 15.0 Å². The largest absolute Gasteiger partial charge is 0.496 e. The summed E-state index contributed by atoms with van der Waals surface area (Å²) in [6.07, 6.45) is 0. The number of likely N-dealkylation sites (N-methyl/N-ethyl adjacent to an activating group) is 1. The highest BCUT2D eigenvalue weighted by Crippen LogP contribution is 2.22. The van der Waals surface area contributed by atoms with E-state index in [-0.39, 0.29) is 22.3 Å². The first-order valence-electron chi connectivity index (χ1n) is 7.56. The normalized spacial score (nSPS) is 12.8. The molecule has 9 heteroatoms. The van der Waals surface area contributed by atoms with Crippen LogP contribution < -0.4 is 20.1 Å². The van der Waals surface area contributed by atoms with Crippen molar-refractivity contribution in [1.29, 1.82) is 0 Å². The van der Waals surface area contributed by atoms with Gasteiger partial charge in [-0.15, -0.1) is 11.3 Å². The minimum atomic E-state index is -3.90. The van der Waals surface area contributed by atoms with E-state index in [1.807, 2.05) is 31.6 Å². The smallest absolute Gasteiger partial charge is 0.255 e. The Morgan fingerprint density at radius 1 is 1.36 bits per heavy atom. The van der Waals surface area contributed by atoms with Crippen LogP contribution in [0.4, 0.5) is 0 Å². The first-order valence-corrected chi connectivity index (χ1v) is 9.99. The maximum Gasteiger partial charge on any atom is 0.255 e. The summed E-state index contributed by atoms with van der Waals surface area (Å²) in [5.74, 6) is -0.125. The molecular formula is C16H22N3O4S2+. The van der Waals surface area contributed by atoms with Crippen molar-refractivity contribution in [1.82, 2.24) is 5.32 Å². The fraction of sp³-hybridized carbons (Fsp3) is 0.312. The lowest BCUT2D eigenvalue weighted by Gasteiger charge is -2.21. The third kappa shape index (κ3) is 4.79. The van der Waals surface area contributed by atoms with Gasteiger partial charge in [-0.2, -0.15) is 0 Å². The summed E-state index contributed by atoms with van der Waals surface area (Å²) in [6, 6.07) is 8.04. The van der Waals surface area contributed by atoms with Crippen molar-refractivity contribution in [3.63, 3.8) is 0 Å². The van der Waals surface area contributed by atoms with E-state index in [0.717, 1.165) is 4.88 Å². The average molecular weight is 385 g/mol. The first-order chi connectivity index (χ1) is 11.7. The zero-order valence-corrected chi connectivity index (χ0v) is 15.9. The van der Waals surface area contributed by atoms with E-state index < -0.39 is 15.9 Å². The van der Waals surface area contributed by atoms with Crippen LogP contribution in [0.2, 0.25) is 0 Å². The molecule has 1 aromatic carbocycles. The Hall–Kier alpha value is -1.94. The van der Waals surface area contributed by atoms with Crippen molar-refractivity contribution in [3.8, 4) is 5.75 Å². The number of hydrogen-bond acceptors (Lipinski definition) is 5. The summed E-state index contributed by atoms with van der Waals surface area (Å²) in [4.78, 5) is 14.8. The van der Waals surface area contributed by atoms with Crippen LogP contribution >= 0.6 is 11.3 Å². The third-order valence-corrected chi connectivity index (χ3v) is 5.69. The molecule has 0 saturated heterocycles. The predicted octanol–water partition coefficient (Wildman–Crippen LogP) is 0.0197.